The van der Waals surface area contributed by atoms with E-state index in [2.05, 4.69) is 59.2 Å². The molecular weight excluding hydrogens is 262 g/mol. The zero-order chi connectivity index (χ0) is 14.8. The van der Waals surface area contributed by atoms with Gasteiger partial charge in [0.1, 0.15) is 5.82 Å². The van der Waals surface area contributed by atoms with E-state index < -0.39 is 0 Å². The minimum Gasteiger partial charge on any atom is -0.330 e. The van der Waals surface area contributed by atoms with Crippen LogP contribution in [-0.4, -0.2) is 25.4 Å². The van der Waals surface area contributed by atoms with Gasteiger partial charge in [-0.1, -0.05) is 12.1 Å². The van der Waals surface area contributed by atoms with Gasteiger partial charge in [-0.15, -0.1) is 0 Å². The summed E-state index contributed by atoms with van der Waals surface area (Å²) in [4.78, 5) is 4.67. The highest BCUT2D eigenvalue weighted by Gasteiger charge is 2.09. The van der Waals surface area contributed by atoms with Gasteiger partial charge in [-0.3, -0.25) is 4.68 Å². The van der Waals surface area contributed by atoms with Crippen LogP contribution < -0.4 is 5.32 Å². The molecule has 1 aromatic carbocycles. The summed E-state index contributed by atoms with van der Waals surface area (Å²) in [6.07, 6.45) is 3.95. The van der Waals surface area contributed by atoms with E-state index >= 15 is 0 Å². The van der Waals surface area contributed by atoms with Crippen LogP contribution in [0.25, 0.3) is 11.0 Å². The number of aryl methyl sites for hydroxylation is 2. The average Bonchev–Trinajstić information content (AvgIpc) is 3.01. The number of aromatic nitrogens is 4. The Kier molecular flexibility index (Phi) is 3.75. The van der Waals surface area contributed by atoms with Crippen LogP contribution in [0.2, 0.25) is 0 Å². The lowest BCUT2D eigenvalue weighted by molar-refractivity contribution is 0.443. The van der Waals surface area contributed by atoms with E-state index in [1.165, 1.54) is 11.1 Å². The molecule has 0 aliphatic heterocycles. The van der Waals surface area contributed by atoms with Crippen molar-refractivity contribution < 1.29 is 0 Å². The van der Waals surface area contributed by atoms with Gasteiger partial charge >= 0.3 is 0 Å². The summed E-state index contributed by atoms with van der Waals surface area (Å²) in [7, 11) is 2.06. The zero-order valence-electron chi connectivity index (χ0n) is 12.7. The van der Waals surface area contributed by atoms with Gasteiger partial charge in [0.05, 0.1) is 30.3 Å². The van der Waals surface area contributed by atoms with Crippen LogP contribution in [0.4, 0.5) is 0 Å². The quantitative estimate of drug-likeness (QED) is 0.781. The largest absolute Gasteiger partial charge is 0.330 e. The Morgan fingerprint density at radius 1 is 1.29 bits per heavy atom. The molecule has 0 fully saturated rings. The summed E-state index contributed by atoms with van der Waals surface area (Å²) < 4.78 is 4.12. The molecule has 3 aromatic rings. The number of hydrogen-bond donors (Lipinski definition) is 1. The highest BCUT2D eigenvalue weighted by atomic mass is 15.3. The van der Waals surface area contributed by atoms with E-state index in [-0.39, 0.29) is 0 Å². The Bertz CT molecular complexity index is 740. The number of hydrogen-bond acceptors (Lipinski definition) is 3. The molecule has 2 heterocycles. The molecular formula is C16H21N5. The second-order valence-electron chi connectivity index (χ2n) is 5.60. The normalized spacial score (nSPS) is 12.9. The molecule has 0 saturated carbocycles. The van der Waals surface area contributed by atoms with Crippen LogP contribution in [-0.2, 0) is 20.1 Å². The van der Waals surface area contributed by atoms with E-state index in [0.29, 0.717) is 6.04 Å². The molecule has 5 nitrogen and oxygen atoms in total. The third kappa shape index (κ3) is 2.97. The number of para-hydroxylation sites is 2. The third-order valence-corrected chi connectivity index (χ3v) is 3.71. The van der Waals surface area contributed by atoms with E-state index in [1.807, 2.05) is 23.0 Å². The number of rotatable bonds is 5. The maximum absolute atomic E-state index is 4.67. The first-order valence-corrected chi connectivity index (χ1v) is 7.26. The standard InChI is InChI=1S/C16H21N5/c1-12-8-18-21(10-12)11-13(2)17-9-16-19-14-6-4-5-7-15(14)20(16)3/h4-8,10,13,17H,9,11H2,1-3H3/t13-/m1/s1. The monoisotopic (exact) mass is 283 g/mol. The molecule has 21 heavy (non-hydrogen) atoms. The van der Waals surface area contributed by atoms with Gasteiger partial charge in [0, 0.05) is 19.3 Å². The van der Waals surface area contributed by atoms with Crippen LogP contribution in [0.3, 0.4) is 0 Å². The Morgan fingerprint density at radius 3 is 2.81 bits per heavy atom. The lowest BCUT2D eigenvalue weighted by atomic mass is 10.3. The van der Waals surface area contributed by atoms with Crippen molar-refractivity contribution in [3.8, 4) is 0 Å². The molecule has 1 N–H and O–H groups in total. The first-order valence-electron chi connectivity index (χ1n) is 7.26. The van der Waals surface area contributed by atoms with Crippen molar-refractivity contribution in [2.75, 3.05) is 0 Å². The van der Waals surface area contributed by atoms with Gasteiger partial charge < -0.3 is 9.88 Å². The summed E-state index contributed by atoms with van der Waals surface area (Å²) in [6.45, 7) is 5.84. The molecule has 5 heteroatoms. The van der Waals surface area contributed by atoms with Gasteiger partial charge in [0.15, 0.2) is 0 Å². The summed E-state index contributed by atoms with van der Waals surface area (Å²) in [5.74, 6) is 1.06. The van der Waals surface area contributed by atoms with Crippen molar-refractivity contribution >= 4 is 11.0 Å². The SMILES string of the molecule is Cc1cnn(C[C@@H](C)NCc2nc3ccccc3n2C)c1. The number of nitrogens with zero attached hydrogens (tertiary/aromatic N) is 4. The van der Waals surface area contributed by atoms with Crippen LogP contribution in [0.15, 0.2) is 36.7 Å². The molecule has 0 spiro atoms. The highest BCUT2D eigenvalue weighted by Crippen LogP contribution is 2.14. The van der Waals surface area contributed by atoms with Gasteiger partial charge in [0.25, 0.3) is 0 Å². The molecule has 0 aliphatic carbocycles. The summed E-state index contributed by atoms with van der Waals surface area (Å²) in [5.41, 5.74) is 3.41. The molecule has 2 aromatic heterocycles. The van der Waals surface area contributed by atoms with Crippen molar-refractivity contribution in [2.24, 2.45) is 7.05 Å². The Balaban J connectivity index is 1.64. The minimum absolute atomic E-state index is 0.337. The molecule has 0 amide bonds. The zero-order valence-corrected chi connectivity index (χ0v) is 12.7. The van der Waals surface area contributed by atoms with Gasteiger partial charge in [-0.05, 0) is 31.5 Å². The topological polar surface area (TPSA) is 47.7 Å². The van der Waals surface area contributed by atoms with Gasteiger partial charge in [0.2, 0.25) is 0 Å². The van der Waals surface area contributed by atoms with E-state index in [0.717, 1.165) is 24.4 Å². The summed E-state index contributed by atoms with van der Waals surface area (Å²) in [5, 5.41) is 7.83. The van der Waals surface area contributed by atoms with Crippen molar-refractivity contribution in [3.63, 3.8) is 0 Å². The lowest BCUT2D eigenvalue weighted by Crippen LogP contribution is -2.31. The third-order valence-electron chi connectivity index (χ3n) is 3.71. The second kappa shape index (κ2) is 5.69. The lowest BCUT2D eigenvalue weighted by Gasteiger charge is -2.13. The van der Waals surface area contributed by atoms with Crippen LogP contribution >= 0.6 is 0 Å². The number of nitrogens with one attached hydrogen (secondary N) is 1. The number of fused-ring (bicyclic) bond motifs is 1. The predicted molar refractivity (Wildman–Crippen MR) is 84.0 cm³/mol. The molecule has 0 aliphatic rings. The Hall–Kier alpha value is -2.14. The maximum atomic E-state index is 4.67. The second-order valence-corrected chi connectivity index (χ2v) is 5.60. The fraction of sp³-hybridized carbons (Fsp3) is 0.375. The van der Waals surface area contributed by atoms with Crippen molar-refractivity contribution in [2.45, 2.75) is 33.0 Å². The average molecular weight is 283 g/mol. The minimum atomic E-state index is 0.337. The first-order chi connectivity index (χ1) is 10.1. The van der Waals surface area contributed by atoms with Crippen molar-refractivity contribution in [3.05, 3.63) is 48.0 Å². The number of imidazole rings is 1. The van der Waals surface area contributed by atoms with E-state index in [4.69, 9.17) is 0 Å². The fourth-order valence-electron chi connectivity index (χ4n) is 2.53. The molecule has 0 bridgehead atoms. The van der Waals surface area contributed by atoms with E-state index in [1.54, 1.807) is 0 Å². The Labute approximate surface area is 124 Å². The van der Waals surface area contributed by atoms with Crippen molar-refractivity contribution in [1.29, 1.82) is 0 Å². The molecule has 3 rings (SSSR count). The van der Waals surface area contributed by atoms with Crippen LogP contribution in [0.1, 0.15) is 18.3 Å². The summed E-state index contributed by atoms with van der Waals surface area (Å²) >= 11 is 0. The summed E-state index contributed by atoms with van der Waals surface area (Å²) in [6, 6.07) is 8.56. The van der Waals surface area contributed by atoms with Crippen LogP contribution in [0, 0.1) is 6.92 Å². The van der Waals surface area contributed by atoms with Gasteiger partial charge in [-0.2, -0.15) is 5.10 Å². The maximum Gasteiger partial charge on any atom is 0.123 e. The smallest absolute Gasteiger partial charge is 0.123 e. The molecule has 0 radical (unpaired) electrons. The highest BCUT2D eigenvalue weighted by molar-refractivity contribution is 5.75. The Morgan fingerprint density at radius 2 is 2.10 bits per heavy atom. The molecule has 1 atom stereocenters. The molecule has 110 valence electrons. The molecule has 0 unspecified atom stereocenters. The first kappa shape index (κ1) is 13.8. The predicted octanol–water partition coefficient (Wildman–Crippen LogP) is 2.26. The van der Waals surface area contributed by atoms with Crippen molar-refractivity contribution in [1.82, 2.24) is 24.6 Å². The van der Waals surface area contributed by atoms with E-state index in [9.17, 15) is 0 Å². The fourth-order valence-corrected chi connectivity index (χ4v) is 2.53. The van der Waals surface area contributed by atoms with Crippen LogP contribution in [0.5, 0.6) is 0 Å². The van der Waals surface area contributed by atoms with Gasteiger partial charge in [-0.25, -0.2) is 4.98 Å². The number of benzene rings is 1. The molecule has 0 saturated heterocycles.